The SMILES string of the molecule is COC(=O)c1cc(NC(=O)c2ccc(=O)n(CCOc3ccccc3)n2)c(F)cc1F. The lowest BCUT2D eigenvalue weighted by molar-refractivity contribution is 0.0595. The predicted molar refractivity (Wildman–Crippen MR) is 106 cm³/mol. The molecule has 0 unspecified atom stereocenters. The normalized spacial score (nSPS) is 10.4. The van der Waals surface area contributed by atoms with E-state index in [0.29, 0.717) is 11.8 Å². The third-order valence-electron chi connectivity index (χ3n) is 4.12. The van der Waals surface area contributed by atoms with Crippen molar-refractivity contribution in [3.8, 4) is 5.75 Å². The number of carbonyl (C=O) groups excluding carboxylic acids is 2. The summed E-state index contributed by atoms with van der Waals surface area (Å²) in [7, 11) is 1.04. The Balaban J connectivity index is 1.74. The average molecular weight is 429 g/mol. The molecule has 31 heavy (non-hydrogen) atoms. The van der Waals surface area contributed by atoms with Crippen LogP contribution in [0, 0.1) is 11.6 Å². The van der Waals surface area contributed by atoms with Crippen molar-refractivity contribution in [1.82, 2.24) is 9.78 Å². The number of ether oxygens (including phenoxy) is 2. The average Bonchev–Trinajstić information content (AvgIpc) is 2.77. The molecule has 0 saturated carbocycles. The first-order valence-electron chi connectivity index (χ1n) is 9.04. The van der Waals surface area contributed by atoms with Crippen molar-refractivity contribution in [3.05, 3.63) is 87.8 Å². The molecular weight excluding hydrogens is 412 g/mol. The summed E-state index contributed by atoms with van der Waals surface area (Å²) in [4.78, 5) is 36.0. The molecule has 0 saturated heterocycles. The summed E-state index contributed by atoms with van der Waals surface area (Å²) in [5.74, 6) is -3.51. The van der Waals surface area contributed by atoms with Gasteiger partial charge >= 0.3 is 5.97 Å². The molecular formula is C21H17F2N3O5. The lowest BCUT2D eigenvalue weighted by Crippen LogP contribution is -2.28. The Morgan fingerprint density at radius 1 is 1.06 bits per heavy atom. The van der Waals surface area contributed by atoms with Gasteiger partial charge in [0.15, 0.2) is 0 Å². The van der Waals surface area contributed by atoms with Crippen LogP contribution in [0.15, 0.2) is 59.4 Å². The van der Waals surface area contributed by atoms with Crippen LogP contribution in [0.4, 0.5) is 14.5 Å². The molecule has 3 aromatic rings. The molecule has 1 aromatic heterocycles. The molecule has 0 aliphatic rings. The molecule has 0 spiro atoms. The number of hydrogen-bond donors (Lipinski definition) is 1. The van der Waals surface area contributed by atoms with Crippen molar-refractivity contribution < 1.29 is 27.8 Å². The smallest absolute Gasteiger partial charge is 0.340 e. The third kappa shape index (κ3) is 5.30. The molecule has 0 aliphatic carbocycles. The minimum absolute atomic E-state index is 0.0618. The zero-order valence-electron chi connectivity index (χ0n) is 16.3. The quantitative estimate of drug-likeness (QED) is 0.580. The first-order chi connectivity index (χ1) is 14.9. The Morgan fingerprint density at radius 3 is 2.52 bits per heavy atom. The van der Waals surface area contributed by atoms with Crippen LogP contribution in [-0.2, 0) is 11.3 Å². The first-order valence-corrected chi connectivity index (χ1v) is 9.04. The zero-order chi connectivity index (χ0) is 22.4. The standard InChI is InChI=1S/C21H17F2N3O5/c1-30-21(29)14-11-18(16(23)12-15(14)22)24-20(28)17-7-8-19(27)26(25-17)9-10-31-13-5-3-2-4-6-13/h2-8,11-12H,9-10H2,1H3,(H,24,28). The molecule has 0 radical (unpaired) electrons. The molecule has 1 amide bonds. The molecule has 160 valence electrons. The predicted octanol–water partition coefficient (Wildman–Crippen LogP) is 2.64. The number of nitrogens with one attached hydrogen (secondary N) is 1. The van der Waals surface area contributed by atoms with Crippen molar-refractivity contribution in [2.24, 2.45) is 0 Å². The maximum Gasteiger partial charge on any atom is 0.340 e. The van der Waals surface area contributed by atoms with Crippen LogP contribution in [0.5, 0.6) is 5.75 Å². The molecule has 0 aliphatic heterocycles. The fourth-order valence-electron chi connectivity index (χ4n) is 2.59. The largest absolute Gasteiger partial charge is 0.492 e. The Labute approximate surface area is 175 Å². The lowest BCUT2D eigenvalue weighted by atomic mass is 10.1. The summed E-state index contributed by atoms with van der Waals surface area (Å²) in [5.41, 5.74) is -1.65. The van der Waals surface area contributed by atoms with E-state index in [2.05, 4.69) is 15.2 Å². The third-order valence-corrected chi connectivity index (χ3v) is 4.12. The van der Waals surface area contributed by atoms with Gasteiger partial charge in [-0.2, -0.15) is 5.10 Å². The van der Waals surface area contributed by atoms with E-state index in [1.807, 2.05) is 6.07 Å². The van der Waals surface area contributed by atoms with E-state index in [-0.39, 0.29) is 18.8 Å². The van der Waals surface area contributed by atoms with Crippen molar-refractivity contribution in [2.45, 2.75) is 6.54 Å². The lowest BCUT2D eigenvalue weighted by Gasteiger charge is -2.10. The summed E-state index contributed by atoms with van der Waals surface area (Å²) in [5, 5.41) is 6.15. The fourth-order valence-corrected chi connectivity index (χ4v) is 2.59. The van der Waals surface area contributed by atoms with Gasteiger partial charge in [0.25, 0.3) is 11.5 Å². The van der Waals surface area contributed by atoms with E-state index >= 15 is 0 Å². The van der Waals surface area contributed by atoms with Gasteiger partial charge < -0.3 is 14.8 Å². The van der Waals surface area contributed by atoms with Crippen LogP contribution in [0.3, 0.4) is 0 Å². The van der Waals surface area contributed by atoms with Crippen LogP contribution in [0.2, 0.25) is 0 Å². The van der Waals surface area contributed by atoms with Crippen LogP contribution in [0.25, 0.3) is 0 Å². The molecule has 1 heterocycles. The minimum atomic E-state index is -1.13. The van der Waals surface area contributed by atoms with Gasteiger partial charge in [-0.25, -0.2) is 18.3 Å². The molecule has 8 nitrogen and oxygen atoms in total. The van der Waals surface area contributed by atoms with Crippen LogP contribution < -0.4 is 15.6 Å². The van der Waals surface area contributed by atoms with Crippen LogP contribution in [-0.4, -0.2) is 35.4 Å². The van der Waals surface area contributed by atoms with Crippen LogP contribution in [0.1, 0.15) is 20.8 Å². The zero-order valence-corrected chi connectivity index (χ0v) is 16.3. The number of carbonyl (C=O) groups is 2. The Bertz CT molecular complexity index is 1170. The molecule has 3 rings (SSSR count). The number of hydrogen-bond acceptors (Lipinski definition) is 6. The number of para-hydroxylation sites is 1. The Hall–Kier alpha value is -4.08. The maximum absolute atomic E-state index is 14.0. The highest BCUT2D eigenvalue weighted by Crippen LogP contribution is 2.21. The number of methoxy groups -OCH3 is 1. The minimum Gasteiger partial charge on any atom is -0.492 e. The summed E-state index contributed by atoms with van der Waals surface area (Å²) in [6.07, 6.45) is 0. The number of esters is 1. The number of amides is 1. The molecule has 0 fully saturated rings. The molecule has 0 bridgehead atoms. The van der Waals surface area contributed by atoms with E-state index in [0.717, 1.165) is 30.0 Å². The van der Waals surface area contributed by atoms with Gasteiger partial charge in [0.1, 0.15) is 29.7 Å². The molecule has 10 heteroatoms. The highest BCUT2D eigenvalue weighted by Gasteiger charge is 2.19. The monoisotopic (exact) mass is 429 g/mol. The number of anilines is 1. The van der Waals surface area contributed by atoms with E-state index in [4.69, 9.17) is 4.74 Å². The van der Waals surface area contributed by atoms with Gasteiger partial charge in [-0.15, -0.1) is 0 Å². The fraction of sp³-hybridized carbons (Fsp3) is 0.143. The van der Waals surface area contributed by atoms with Gasteiger partial charge in [-0.1, -0.05) is 18.2 Å². The van der Waals surface area contributed by atoms with E-state index < -0.39 is 40.3 Å². The number of benzene rings is 2. The summed E-state index contributed by atoms with van der Waals surface area (Å²) >= 11 is 0. The van der Waals surface area contributed by atoms with Gasteiger partial charge in [0.2, 0.25) is 0 Å². The number of rotatable bonds is 7. The van der Waals surface area contributed by atoms with Gasteiger partial charge in [-0.3, -0.25) is 9.59 Å². The van der Waals surface area contributed by atoms with Crippen molar-refractivity contribution in [1.29, 1.82) is 0 Å². The first kappa shape index (κ1) is 21.6. The molecule has 2 aromatic carbocycles. The highest BCUT2D eigenvalue weighted by molar-refractivity contribution is 6.03. The van der Waals surface area contributed by atoms with Crippen molar-refractivity contribution >= 4 is 17.6 Å². The van der Waals surface area contributed by atoms with Gasteiger partial charge in [0.05, 0.1) is 24.9 Å². The Kier molecular flexibility index (Phi) is 6.71. The second-order valence-corrected chi connectivity index (χ2v) is 6.20. The topological polar surface area (TPSA) is 99.5 Å². The second-order valence-electron chi connectivity index (χ2n) is 6.20. The molecule has 1 N–H and O–H groups in total. The van der Waals surface area contributed by atoms with Crippen LogP contribution >= 0.6 is 0 Å². The highest BCUT2D eigenvalue weighted by atomic mass is 19.1. The summed E-state index contributed by atoms with van der Waals surface area (Å²) < 4.78 is 38.8. The molecule has 0 atom stereocenters. The second kappa shape index (κ2) is 9.61. The summed E-state index contributed by atoms with van der Waals surface area (Å²) in [6.45, 7) is 0.184. The number of nitrogens with zero attached hydrogens (tertiary/aromatic N) is 2. The van der Waals surface area contributed by atoms with Crippen molar-refractivity contribution in [3.63, 3.8) is 0 Å². The Morgan fingerprint density at radius 2 is 1.81 bits per heavy atom. The van der Waals surface area contributed by atoms with E-state index in [1.165, 1.54) is 0 Å². The van der Waals surface area contributed by atoms with E-state index in [9.17, 15) is 23.2 Å². The number of halogens is 2. The van der Waals surface area contributed by atoms with Gasteiger partial charge in [-0.05, 0) is 24.3 Å². The van der Waals surface area contributed by atoms with Crippen molar-refractivity contribution in [2.75, 3.05) is 19.0 Å². The summed E-state index contributed by atoms with van der Waals surface area (Å²) in [6, 6.07) is 12.5. The maximum atomic E-state index is 14.0. The van der Waals surface area contributed by atoms with E-state index in [1.54, 1.807) is 24.3 Å². The van der Waals surface area contributed by atoms with Gasteiger partial charge in [0, 0.05) is 12.1 Å². The number of aromatic nitrogens is 2.